The first-order valence-corrected chi connectivity index (χ1v) is 6.32. The van der Waals surface area contributed by atoms with Gasteiger partial charge in [0.2, 0.25) is 5.13 Å². The highest BCUT2D eigenvalue weighted by Crippen LogP contribution is 2.34. The second-order valence-electron chi connectivity index (χ2n) is 1.77. The summed E-state index contributed by atoms with van der Waals surface area (Å²) in [6.45, 7) is 4.00. The molecule has 0 aromatic carbocycles. The van der Waals surface area contributed by atoms with E-state index >= 15 is 0 Å². The van der Waals surface area contributed by atoms with Crippen molar-refractivity contribution in [2.24, 2.45) is 0 Å². The van der Waals surface area contributed by atoms with E-state index in [-0.39, 0.29) is 0 Å². The maximum absolute atomic E-state index is 8.88. The van der Waals surface area contributed by atoms with Crippen LogP contribution in [0.1, 0.15) is 13.8 Å². The SMILES string of the molecule is CC.CS(O)(O)Nc1nccs1. The summed E-state index contributed by atoms with van der Waals surface area (Å²) in [6.07, 6.45) is 2.91. The van der Waals surface area contributed by atoms with Crippen LogP contribution in [0.25, 0.3) is 0 Å². The summed E-state index contributed by atoms with van der Waals surface area (Å²) in [5, 5.41) is 2.29. The first-order chi connectivity index (χ1) is 5.58. The summed E-state index contributed by atoms with van der Waals surface area (Å²) in [4.78, 5) is 3.81. The van der Waals surface area contributed by atoms with Crippen molar-refractivity contribution in [3.8, 4) is 0 Å². The number of thiazole rings is 1. The molecule has 4 nitrogen and oxygen atoms in total. The lowest BCUT2D eigenvalue weighted by Gasteiger charge is -2.26. The molecule has 0 saturated heterocycles. The van der Waals surface area contributed by atoms with Gasteiger partial charge in [0.15, 0.2) is 0 Å². The lowest BCUT2D eigenvalue weighted by molar-refractivity contribution is 0.502. The molecule has 1 aromatic rings. The molecule has 1 heterocycles. The minimum absolute atomic E-state index is 0.530. The third-order valence-electron chi connectivity index (χ3n) is 0.713. The molecule has 0 saturated carbocycles. The zero-order valence-electron chi connectivity index (χ0n) is 7.31. The van der Waals surface area contributed by atoms with Gasteiger partial charge >= 0.3 is 0 Å². The molecule has 0 radical (unpaired) electrons. The molecule has 0 atom stereocenters. The Balaban J connectivity index is 0.000000561. The van der Waals surface area contributed by atoms with E-state index in [0.717, 1.165) is 0 Å². The first kappa shape index (κ1) is 11.7. The van der Waals surface area contributed by atoms with Crippen LogP contribution >= 0.6 is 22.1 Å². The van der Waals surface area contributed by atoms with Crippen LogP contribution < -0.4 is 4.72 Å². The molecule has 0 unspecified atom stereocenters. The fraction of sp³-hybridized carbons (Fsp3) is 0.500. The highest BCUT2D eigenvalue weighted by atomic mass is 32.3. The van der Waals surface area contributed by atoms with Crippen molar-refractivity contribution < 1.29 is 9.11 Å². The normalized spacial score (nSPS) is 11.4. The minimum Gasteiger partial charge on any atom is -0.282 e. The van der Waals surface area contributed by atoms with Crippen molar-refractivity contribution >= 4 is 27.2 Å². The van der Waals surface area contributed by atoms with Crippen LogP contribution in [-0.2, 0) is 0 Å². The summed E-state index contributed by atoms with van der Waals surface area (Å²) < 4.78 is 20.2. The second-order valence-corrected chi connectivity index (χ2v) is 4.54. The summed E-state index contributed by atoms with van der Waals surface area (Å²) in [6, 6.07) is 0. The molecule has 0 aliphatic heterocycles. The van der Waals surface area contributed by atoms with Crippen LogP contribution in [0.2, 0.25) is 0 Å². The summed E-state index contributed by atoms with van der Waals surface area (Å²) in [7, 11) is -2.65. The van der Waals surface area contributed by atoms with Crippen LogP contribution in [-0.4, -0.2) is 20.3 Å². The van der Waals surface area contributed by atoms with E-state index in [0.29, 0.717) is 5.13 Å². The Morgan fingerprint density at radius 1 is 1.50 bits per heavy atom. The van der Waals surface area contributed by atoms with E-state index in [4.69, 9.17) is 9.11 Å². The van der Waals surface area contributed by atoms with Gasteiger partial charge < -0.3 is 0 Å². The molecule has 0 aliphatic carbocycles. The Labute approximate surface area is 78.1 Å². The number of anilines is 1. The van der Waals surface area contributed by atoms with Gasteiger partial charge in [-0.3, -0.25) is 13.8 Å². The van der Waals surface area contributed by atoms with Crippen molar-refractivity contribution in [2.45, 2.75) is 13.8 Å². The highest BCUT2D eigenvalue weighted by molar-refractivity contribution is 8.24. The van der Waals surface area contributed by atoms with E-state index < -0.39 is 10.8 Å². The number of nitrogens with one attached hydrogen (secondary N) is 1. The van der Waals surface area contributed by atoms with Crippen LogP contribution in [0.15, 0.2) is 11.6 Å². The molecule has 3 N–H and O–H groups in total. The molecule has 0 aliphatic rings. The van der Waals surface area contributed by atoms with Crippen LogP contribution in [0.5, 0.6) is 0 Å². The Kier molecular flexibility index (Phi) is 5.23. The van der Waals surface area contributed by atoms with E-state index in [1.54, 1.807) is 11.6 Å². The summed E-state index contributed by atoms with van der Waals surface area (Å²) in [5.74, 6) is 0. The van der Waals surface area contributed by atoms with Crippen molar-refractivity contribution in [3.63, 3.8) is 0 Å². The average Bonchev–Trinajstić information content (AvgIpc) is 2.41. The van der Waals surface area contributed by atoms with Gasteiger partial charge in [0.25, 0.3) is 0 Å². The molecule has 72 valence electrons. The number of aromatic nitrogens is 1. The standard InChI is InChI=1S/C4H8N2O2S2.C2H6/c1-10(7,8)6-4-5-2-3-9-4;1-2/h2-3,7-8H,1H3,(H,5,6);1-2H3. The molecule has 0 spiro atoms. The molecule has 6 heteroatoms. The van der Waals surface area contributed by atoms with Gasteiger partial charge in [-0.1, -0.05) is 13.8 Å². The fourth-order valence-corrected chi connectivity index (χ4v) is 1.86. The maximum atomic E-state index is 8.88. The van der Waals surface area contributed by atoms with Gasteiger partial charge in [-0.05, 0) is 0 Å². The summed E-state index contributed by atoms with van der Waals surface area (Å²) >= 11 is 1.33. The van der Waals surface area contributed by atoms with Gasteiger partial charge in [-0.15, -0.1) is 22.1 Å². The topological polar surface area (TPSA) is 65.4 Å². The predicted molar refractivity (Wildman–Crippen MR) is 55.9 cm³/mol. The number of nitrogens with zero attached hydrogens (tertiary/aromatic N) is 1. The van der Waals surface area contributed by atoms with E-state index in [1.807, 2.05) is 13.8 Å². The third-order valence-corrected chi connectivity index (χ3v) is 2.11. The Morgan fingerprint density at radius 3 is 2.42 bits per heavy atom. The molecule has 1 rings (SSSR count). The largest absolute Gasteiger partial charge is 0.282 e. The van der Waals surface area contributed by atoms with Crippen LogP contribution in [0.3, 0.4) is 0 Å². The number of hydrogen-bond acceptors (Lipinski definition) is 5. The quantitative estimate of drug-likeness (QED) is 0.702. The second kappa shape index (κ2) is 5.36. The zero-order chi connectivity index (χ0) is 9.61. The molecule has 12 heavy (non-hydrogen) atoms. The molecular formula is C6H14N2O2S2. The lowest BCUT2D eigenvalue weighted by atomic mass is 11.0. The van der Waals surface area contributed by atoms with Crippen LogP contribution in [0, 0.1) is 0 Å². The van der Waals surface area contributed by atoms with Crippen molar-refractivity contribution in [3.05, 3.63) is 11.6 Å². The first-order valence-electron chi connectivity index (χ1n) is 3.48. The monoisotopic (exact) mass is 210 g/mol. The van der Waals surface area contributed by atoms with Gasteiger partial charge in [-0.2, -0.15) is 0 Å². The van der Waals surface area contributed by atoms with E-state index in [9.17, 15) is 0 Å². The smallest absolute Gasteiger partial charge is 0.201 e. The average molecular weight is 210 g/mol. The fourth-order valence-electron chi connectivity index (χ4n) is 0.439. The van der Waals surface area contributed by atoms with E-state index in [2.05, 4.69) is 9.71 Å². The highest BCUT2D eigenvalue weighted by Gasteiger charge is 2.03. The molecule has 0 fully saturated rings. The lowest BCUT2D eigenvalue weighted by Crippen LogP contribution is -2.05. The number of hydrogen-bond donors (Lipinski definition) is 3. The van der Waals surface area contributed by atoms with Crippen LogP contribution in [0.4, 0.5) is 5.13 Å². The Morgan fingerprint density at radius 2 is 2.08 bits per heavy atom. The molecular weight excluding hydrogens is 196 g/mol. The predicted octanol–water partition coefficient (Wildman–Crippen LogP) is 2.88. The maximum Gasteiger partial charge on any atom is 0.201 e. The van der Waals surface area contributed by atoms with Gasteiger partial charge in [0.05, 0.1) is 0 Å². The third kappa shape index (κ3) is 5.36. The van der Waals surface area contributed by atoms with Crippen molar-refractivity contribution in [1.82, 2.24) is 4.98 Å². The van der Waals surface area contributed by atoms with Gasteiger partial charge in [0.1, 0.15) is 0 Å². The number of rotatable bonds is 2. The molecule has 0 amide bonds. The summed E-state index contributed by atoms with van der Waals surface area (Å²) in [5.41, 5.74) is 0. The Hall–Kier alpha value is -0.300. The minimum atomic E-state index is -2.65. The van der Waals surface area contributed by atoms with Gasteiger partial charge in [-0.25, -0.2) is 4.98 Å². The van der Waals surface area contributed by atoms with Crippen molar-refractivity contribution in [2.75, 3.05) is 11.0 Å². The van der Waals surface area contributed by atoms with E-state index in [1.165, 1.54) is 17.6 Å². The molecule has 0 bridgehead atoms. The molecule has 1 aromatic heterocycles. The zero-order valence-corrected chi connectivity index (χ0v) is 8.95. The van der Waals surface area contributed by atoms with Gasteiger partial charge in [0, 0.05) is 17.8 Å². The van der Waals surface area contributed by atoms with Crippen molar-refractivity contribution in [1.29, 1.82) is 0 Å². The Bertz CT molecular complexity index is 196.